The molecule has 150 valence electrons. The fourth-order valence-corrected chi connectivity index (χ4v) is 4.24. The standard InChI is InChI=1S/C22H17N3O5/c1-25-20-17(21(28)24-22(25)29)15(10-7-8-13(26)14(9-10)30-2)16-18(23-20)11-5-3-4-6-12(11)19(16)27/h3-9,15,23,26H,1-2H3,(H,24,28,29). The number of carbonyl (C=O) groups excluding carboxylic acids is 1. The van der Waals surface area contributed by atoms with Crippen molar-refractivity contribution in [1.82, 2.24) is 9.55 Å². The Balaban J connectivity index is 1.86. The average molecular weight is 403 g/mol. The predicted molar refractivity (Wildman–Crippen MR) is 110 cm³/mol. The minimum Gasteiger partial charge on any atom is -0.504 e. The topological polar surface area (TPSA) is 113 Å². The van der Waals surface area contributed by atoms with Crippen molar-refractivity contribution in [3.8, 4) is 11.5 Å². The summed E-state index contributed by atoms with van der Waals surface area (Å²) < 4.78 is 6.55. The van der Waals surface area contributed by atoms with E-state index in [0.29, 0.717) is 33.8 Å². The molecule has 0 spiro atoms. The third kappa shape index (κ3) is 2.30. The molecule has 1 aliphatic heterocycles. The largest absolute Gasteiger partial charge is 0.504 e. The minimum absolute atomic E-state index is 0.0555. The fraction of sp³-hybridized carbons (Fsp3) is 0.136. The number of rotatable bonds is 2. The molecule has 1 unspecified atom stereocenters. The summed E-state index contributed by atoms with van der Waals surface area (Å²) in [6.45, 7) is 0. The first-order valence-corrected chi connectivity index (χ1v) is 9.27. The second kappa shape index (κ2) is 6.21. The van der Waals surface area contributed by atoms with Crippen LogP contribution in [0.5, 0.6) is 11.5 Å². The van der Waals surface area contributed by atoms with Crippen LogP contribution in [0.2, 0.25) is 0 Å². The van der Waals surface area contributed by atoms with Crippen LogP contribution >= 0.6 is 0 Å². The van der Waals surface area contributed by atoms with Crippen molar-refractivity contribution in [2.75, 3.05) is 12.4 Å². The van der Waals surface area contributed by atoms with Gasteiger partial charge in [-0.05, 0) is 17.7 Å². The summed E-state index contributed by atoms with van der Waals surface area (Å²) in [6.07, 6.45) is 0. The Labute approximate surface area is 170 Å². The number of nitrogens with zero attached hydrogens (tertiary/aromatic N) is 1. The molecule has 5 rings (SSSR count). The molecule has 1 aliphatic carbocycles. The van der Waals surface area contributed by atoms with Gasteiger partial charge in [-0.1, -0.05) is 30.3 Å². The lowest BCUT2D eigenvalue weighted by molar-refractivity contribution is 0.103. The van der Waals surface area contributed by atoms with E-state index in [1.165, 1.54) is 17.7 Å². The number of allylic oxidation sites excluding steroid dienone is 1. The van der Waals surface area contributed by atoms with Crippen molar-refractivity contribution in [1.29, 1.82) is 0 Å². The van der Waals surface area contributed by atoms with Crippen LogP contribution in [-0.2, 0) is 7.05 Å². The molecular formula is C22H17N3O5. The molecule has 1 aromatic heterocycles. The van der Waals surface area contributed by atoms with Gasteiger partial charge in [0, 0.05) is 29.7 Å². The third-order valence-electron chi connectivity index (χ3n) is 5.67. The van der Waals surface area contributed by atoms with E-state index in [1.807, 2.05) is 12.1 Å². The number of carbonyl (C=O) groups is 1. The highest BCUT2D eigenvalue weighted by Gasteiger charge is 2.42. The third-order valence-corrected chi connectivity index (χ3v) is 5.67. The quantitative estimate of drug-likeness (QED) is 0.603. The monoisotopic (exact) mass is 403 g/mol. The van der Waals surface area contributed by atoms with Crippen molar-refractivity contribution < 1.29 is 14.6 Å². The van der Waals surface area contributed by atoms with Crippen LogP contribution < -0.4 is 21.3 Å². The number of phenols is 1. The Hall–Kier alpha value is -4.07. The Morgan fingerprint density at radius 2 is 1.80 bits per heavy atom. The number of aromatic hydroxyl groups is 1. The molecule has 8 heteroatoms. The van der Waals surface area contributed by atoms with Gasteiger partial charge in [0.15, 0.2) is 17.3 Å². The summed E-state index contributed by atoms with van der Waals surface area (Å²) in [5.74, 6) is -0.451. The second-order valence-corrected chi connectivity index (χ2v) is 7.23. The highest BCUT2D eigenvalue weighted by atomic mass is 16.5. The summed E-state index contributed by atoms with van der Waals surface area (Å²) >= 11 is 0. The van der Waals surface area contributed by atoms with Crippen LogP contribution in [0.4, 0.5) is 5.82 Å². The lowest BCUT2D eigenvalue weighted by Crippen LogP contribution is -2.37. The molecule has 0 radical (unpaired) electrons. The van der Waals surface area contributed by atoms with Crippen LogP contribution in [0.1, 0.15) is 33.0 Å². The predicted octanol–water partition coefficient (Wildman–Crippen LogP) is 1.95. The summed E-state index contributed by atoms with van der Waals surface area (Å²) in [4.78, 5) is 40.8. The molecule has 2 aromatic carbocycles. The minimum atomic E-state index is -0.749. The van der Waals surface area contributed by atoms with E-state index in [0.717, 1.165) is 0 Å². The van der Waals surface area contributed by atoms with Gasteiger partial charge in [-0.3, -0.25) is 19.1 Å². The van der Waals surface area contributed by atoms with Crippen molar-refractivity contribution >= 4 is 17.3 Å². The van der Waals surface area contributed by atoms with Gasteiger partial charge in [0.25, 0.3) is 5.56 Å². The number of ketones is 1. The zero-order chi connectivity index (χ0) is 21.2. The average Bonchev–Trinajstić information content (AvgIpc) is 3.03. The van der Waals surface area contributed by atoms with E-state index in [2.05, 4.69) is 10.3 Å². The van der Waals surface area contributed by atoms with Crippen molar-refractivity contribution in [3.05, 3.63) is 91.1 Å². The summed E-state index contributed by atoms with van der Waals surface area (Å²) in [5.41, 5.74) is 1.94. The van der Waals surface area contributed by atoms with Crippen LogP contribution in [0.15, 0.2) is 57.6 Å². The van der Waals surface area contributed by atoms with Crippen LogP contribution in [0.25, 0.3) is 5.70 Å². The van der Waals surface area contributed by atoms with E-state index in [4.69, 9.17) is 4.74 Å². The smallest absolute Gasteiger partial charge is 0.329 e. The summed E-state index contributed by atoms with van der Waals surface area (Å²) in [5, 5.41) is 13.2. The number of ether oxygens (including phenoxy) is 1. The number of H-pyrrole nitrogens is 1. The molecule has 0 amide bonds. The highest BCUT2D eigenvalue weighted by Crippen LogP contribution is 2.48. The SMILES string of the molecule is COc1cc(C2C3=C(Nc4c2c(=O)[nH]c(=O)n4C)c2ccccc2C3=O)ccc1O. The van der Waals surface area contributed by atoms with Gasteiger partial charge < -0.3 is 15.2 Å². The van der Waals surface area contributed by atoms with Crippen molar-refractivity contribution in [2.24, 2.45) is 7.05 Å². The first-order valence-electron chi connectivity index (χ1n) is 9.27. The van der Waals surface area contributed by atoms with Crippen LogP contribution in [0, 0.1) is 0 Å². The molecule has 8 nitrogen and oxygen atoms in total. The zero-order valence-corrected chi connectivity index (χ0v) is 16.1. The highest BCUT2D eigenvalue weighted by molar-refractivity contribution is 6.23. The molecule has 0 bridgehead atoms. The Morgan fingerprint density at radius 1 is 1.07 bits per heavy atom. The van der Waals surface area contributed by atoms with Gasteiger partial charge in [-0.25, -0.2) is 4.79 Å². The molecule has 2 heterocycles. The maximum absolute atomic E-state index is 13.3. The van der Waals surface area contributed by atoms with Gasteiger partial charge in [-0.15, -0.1) is 0 Å². The zero-order valence-electron chi connectivity index (χ0n) is 16.1. The first-order chi connectivity index (χ1) is 14.4. The second-order valence-electron chi connectivity index (χ2n) is 7.23. The summed E-state index contributed by atoms with van der Waals surface area (Å²) in [7, 11) is 2.97. The number of phenolic OH excluding ortho intramolecular Hbond substituents is 1. The van der Waals surface area contributed by atoms with Gasteiger partial charge in [0.2, 0.25) is 0 Å². The van der Waals surface area contributed by atoms with Gasteiger partial charge in [0.1, 0.15) is 5.82 Å². The molecule has 0 fully saturated rings. The molecular weight excluding hydrogens is 386 g/mol. The number of aromatic amines is 1. The van der Waals surface area contributed by atoms with E-state index in [9.17, 15) is 19.5 Å². The molecule has 0 saturated heterocycles. The van der Waals surface area contributed by atoms with E-state index in [-0.39, 0.29) is 22.8 Å². The summed E-state index contributed by atoms with van der Waals surface area (Å²) in [6, 6.07) is 11.9. The number of hydrogen-bond donors (Lipinski definition) is 3. The van der Waals surface area contributed by atoms with Crippen LogP contribution in [-0.4, -0.2) is 27.6 Å². The first kappa shape index (κ1) is 18.0. The van der Waals surface area contributed by atoms with E-state index in [1.54, 1.807) is 31.3 Å². The number of benzene rings is 2. The number of anilines is 1. The number of fused-ring (bicyclic) bond motifs is 3. The number of aromatic nitrogens is 2. The number of Topliss-reactive ketones (excluding diaryl/α,β-unsaturated/α-hetero) is 1. The maximum Gasteiger partial charge on any atom is 0.329 e. The Morgan fingerprint density at radius 3 is 2.53 bits per heavy atom. The van der Waals surface area contributed by atoms with E-state index >= 15 is 0 Å². The number of methoxy groups -OCH3 is 1. The molecule has 1 atom stereocenters. The van der Waals surface area contributed by atoms with Crippen molar-refractivity contribution in [3.63, 3.8) is 0 Å². The molecule has 3 N–H and O–H groups in total. The van der Waals surface area contributed by atoms with Gasteiger partial charge in [0.05, 0.1) is 18.4 Å². The van der Waals surface area contributed by atoms with Gasteiger partial charge in [-0.2, -0.15) is 0 Å². The van der Waals surface area contributed by atoms with E-state index < -0.39 is 17.2 Å². The Kier molecular flexibility index (Phi) is 3.73. The lowest BCUT2D eigenvalue weighted by atomic mass is 9.81. The molecule has 0 saturated carbocycles. The molecule has 3 aromatic rings. The maximum atomic E-state index is 13.3. The lowest BCUT2D eigenvalue weighted by Gasteiger charge is -2.29. The molecule has 30 heavy (non-hydrogen) atoms. The van der Waals surface area contributed by atoms with Crippen LogP contribution in [0.3, 0.4) is 0 Å². The fourth-order valence-electron chi connectivity index (χ4n) is 4.24. The number of nitrogens with one attached hydrogen (secondary N) is 2. The number of hydrogen-bond acceptors (Lipinski definition) is 6. The van der Waals surface area contributed by atoms with Crippen molar-refractivity contribution in [2.45, 2.75) is 5.92 Å². The normalized spacial score (nSPS) is 16.6. The van der Waals surface area contributed by atoms with Gasteiger partial charge >= 0.3 is 5.69 Å². The Bertz CT molecular complexity index is 1400. The molecule has 2 aliphatic rings.